The molecule has 1 N–H and O–H groups in total. The molecule has 0 saturated carbocycles. The van der Waals surface area contributed by atoms with Crippen molar-refractivity contribution in [1.82, 2.24) is 4.90 Å². The minimum Gasteiger partial charge on any atom is -0.497 e. The van der Waals surface area contributed by atoms with Crippen LogP contribution >= 0.6 is 0 Å². The largest absolute Gasteiger partial charge is 0.497 e. The number of benzene rings is 3. The molecule has 0 aliphatic carbocycles. The second kappa shape index (κ2) is 10.7. The maximum atomic E-state index is 14.0. The predicted octanol–water partition coefficient (Wildman–Crippen LogP) is 4.28. The molecule has 0 fully saturated rings. The molecule has 1 heterocycles. The van der Waals surface area contributed by atoms with Crippen LogP contribution in [0.5, 0.6) is 28.7 Å². The van der Waals surface area contributed by atoms with E-state index in [-0.39, 0.29) is 11.8 Å². The summed E-state index contributed by atoms with van der Waals surface area (Å²) in [5.41, 5.74) is 2.22. The zero-order valence-corrected chi connectivity index (χ0v) is 21.7. The number of rotatable bonds is 8. The molecule has 9 nitrogen and oxygen atoms in total. The van der Waals surface area contributed by atoms with Crippen LogP contribution in [-0.2, 0) is 4.79 Å². The maximum Gasteiger partial charge on any atom is 0.254 e. The van der Waals surface area contributed by atoms with E-state index in [1.165, 1.54) is 21.3 Å². The Morgan fingerprint density at radius 2 is 1.35 bits per heavy atom. The van der Waals surface area contributed by atoms with Gasteiger partial charge in [-0.15, -0.1) is 0 Å². The average molecular weight is 507 g/mol. The Bertz CT molecular complexity index is 1310. The molecule has 2 atom stereocenters. The van der Waals surface area contributed by atoms with Gasteiger partial charge in [-0.25, -0.2) is 0 Å². The molecular weight excluding hydrogens is 476 g/mol. The molecule has 37 heavy (non-hydrogen) atoms. The summed E-state index contributed by atoms with van der Waals surface area (Å²) in [4.78, 5) is 29.1. The highest BCUT2D eigenvalue weighted by Gasteiger charge is 2.43. The van der Waals surface area contributed by atoms with Crippen LogP contribution < -0.4 is 29.0 Å². The van der Waals surface area contributed by atoms with E-state index in [1.54, 1.807) is 68.6 Å². The van der Waals surface area contributed by atoms with Crippen LogP contribution in [0.4, 0.5) is 5.69 Å². The highest BCUT2D eigenvalue weighted by molar-refractivity contribution is 6.05. The van der Waals surface area contributed by atoms with Crippen molar-refractivity contribution >= 4 is 17.5 Å². The molecule has 0 saturated heterocycles. The molecule has 1 aliphatic heterocycles. The summed E-state index contributed by atoms with van der Waals surface area (Å²) in [5, 5.41) is 2.99. The molecule has 9 heteroatoms. The summed E-state index contributed by atoms with van der Waals surface area (Å²) >= 11 is 0. The monoisotopic (exact) mass is 506 g/mol. The number of fused-ring (bicyclic) bond motifs is 1. The summed E-state index contributed by atoms with van der Waals surface area (Å²) in [6.07, 6.45) is 0. The zero-order chi connectivity index (χ0) is 26.7. The molecule has 194 valence electrons. The van der Waals surface area contributed by atoms with Crippen molar-refractivity contribution in [3.05, 3.63) is 71.3 Å². The van der Waals surface area contributed by atoms with Gasteiger partial charge in [0, 0.05) is 24.4 Å². The Morgan fingerprint density at radius 1 is 0.757 bits per heavy atom. The Hall–Kier alpha value is -4.40. The molecule has 1 aliphatic rings. The number of carbonyl (C=O) groups excluding carboxylic acids is 2. The second-order valence-corrected chi connectivity index (χ2v) is 8.47. The molecule has 3 aromatic rings. The number of hydrogen-bond donors (Lipinski definition) is 1. The number of likely N-dealkylation sites (N-methyl/N-ethyl adjacent to an activating group) is 1. The van der Waals surface area contributed by atoms with Crippen molar-refractivity contribution in [2.24, 2.45) is 0 Å². The Kier molecular flexibility index (Phi) is 7.42. The average Bonchev–Trinajstić information content (AvgIpc) is 2.93. The van der Waals surface area contributed by atoms with Gasteiger partial charge in [-0.1, -0.05) is 12.1 Å². The standard InChI is InChI=1S/C28H30N2O7/c1-30-26(16-7-10-18(33-2)11-8-16)25(19-14-23(36-5)24(37-6)15-20(19)28(30)32)27(31)29-17-9-12-21(34-3)22(13-17)35-4/h7-15,25-26H,1-6H3,(H,29,31)/t25-,26-/m1/s1. The lowest BCUT2D eigenvalue weighted by atomic mass is 9.79. The van der Waals surface area contributed by atoms with Gasteiger partial charge in [0.1, 0.15) is 5.75 Å². The first-order chi connectivity index (χ1) is 17.9. The van der Waals surface area contributed by atoms with E-state index >= 15 is 0 Å². The van der Waals surface area contributed by atoms with Crippen LogP contribution in [0.1, 0.15) is 33.4 Å². The lowest BCUT2D eigenvalue weighted by Crippen LogP contribution is -2.44. The number of methoxy groups -OCH3 is 5. The number of carbonyl (C=O) groups is 2. The van der Waals surface area contributed by atoms with E-state index in [0.717, 1.165) is 5.56 Å². The number of ether oxygens (including phenoxy) is 5. The van der Waals surface area contributed by atoms with Gasteiger partial charge >= 0.3 is 0 Å². The maximum absolute atomic E-state index is 14.0. The molecule has 0 bridgehead atoms. The van der Waals surface area contributed by atoms with E-state index in [4.69, 9.17) is 23.7 Å². The molecule has 0 spiro atoms. The van der Waals surface area contributed by atoms with E-state index in [0.29, 0.717) is 45.6 Å². The van der Waals surface area contributed by atoms with Crippen LogP contribution in [0.15, 0.2) is 54.6 Å². The first-order valence-electron chi connectivity index (χ1n) is 11.6. The highest BCUT2D eigenvalue weighted by atomic mass is 16.5. The van der Waals surface area contributed by atoms with Gasteiger partial charge < -0.3 is 33.9 Å². The van der Waals surface area contributed by atoms with E-state index in [2.05, 4.69) is 5.32 Å². The fraction of sp³-hybridized carbons (Fsp3) is 0.286. The van der Waals surface area contributed by atoms with E-state index < -0.39 is 12.0 Å². The third kappa shape index (κ3) is 4.72. The van der Waals surface area contributed by atoms with E-state index in [9.17, 15) is 9.59 Å². The first-order valence-corrected chi connectivity index (χ1v) is 11.6. The quantitative estimate of drug-likeness (QED) is 0.487. The molecule has 0 unspecified atom stereocenters. The van der Waals surface area contributed by atoms with Gasteiger partial charge in [-0.2, -0.15) is 0 Å². The SMILES string of the molecule is COc1ccc([C@@H]2[C@H](C(=O)Nc3ccc(OC)c(OC)c3)c3cc(OC)c(OC)cc3C(=O)N2C)cc1. The molecular formula is C28H30N2O7. The van der Waals surface area contributed by atoms with Gasteiger partial charge in [0.15, 0.2) is 23.0 Å². The van der Waals surface area contributed by atoms with Crippen LogP contribution in [0.25, 0.3) is 0 Å². The zero-order valence-electron chi connectivity index (χ0n) is 21.7. The molecule has 4 rings (SSSR count). The summed E-state index contributed by atoms with van der Waals surface area (Å²) in [5.74, 6) is 1.23. The Balaban J connectivity index is 1.85. The molecule has 3 aromatic carbocycles. The van der Waals surface area contributed by atoms with Crippen LogP contribution in [0.2, 0.25) is 0 Å². The fourth-order valence-electron chi connectivity index (χ4n) is 4.68. The minimum absolute atomic E-state index is 0.230. The predicted molar refractivity (Wildman–Crippen MR) is 138 cm³/mol. The topological polar surface area (TPSA) is 95.6 Å². The molecule has 2 amide bonds. The smallest absolute Gasteiger partial charge is 0.254 e. The van der Waals surface area contributed by atoms with Gasteiger partial charge in [-0.3, -0.25) is 9.59 Å². The third-order valence-corrected chi connectivity index (χ3v) is 6.57. The summed E-state index contributed by atoms with van der Waals surface area (Å²) in [6.45, 7) is 0. The number of nitrogens with zero attached hydrogens (tertiary/aromatic N) is 1. The van der Waals surface area contributed by atoms with Crippen LogP contribution in [0.3, 0.4) is 0 Å². The van der Waals surface area contributed by atoms with Crippen LogP contribution in [0, 0.1) is 0 Å². The lowest BCUT2D eigenvalue weighted by molar-refractivity contribution is -0.119. The van der Waals surface area contributed by atoms with Crippen molar-refractivity contribution < 1.29 is 33.3 Å². The van der Waals surface area contributed by atoms with Gasteiger partial charge in [0.2, 0.25) is 5.91 Å². The number of nitrogens with one attached hydrogen (secondary N) is 1. The summed E-state index contributed by atoms with van der Waals surface area (Å²) in [7, 11) is 9.36. The number of amides is 2. The van der Waals surface area contributed by atoms with Crippen LogP contribution in [-0.4, -0.2) is 59.3 Å². The Labute approximate surface area is 215 Å². The lowest BCUT2D eigenvalue weighted by Gasteiger charge is -2.40. The minimum atomic E-state index is -0.765. The molecule has 0 radical (unpaired) electrons. The third-order valence-electron chi connectivity index (χ3n) is 6.57. The fourth-order valence-corrected chi connectivity index (χ4v) is 4.68. The highest BCUT2D eigenvalue weighted by Crippen LogP contribution is 2.46. The first kappa shape index (κ1) is 25.7. The van der Waals surface area contributed by atoms with Crippen molar-refractivity contribution in [2.75, 3.05) is 47.9 Å². The van der Waals surface area contributed by atoms with Gasteiger partial charge in [0.25, 0.3) is 5.91 Å². The van der Waals surface area contributed by atoms with E-state index in [1.807, 2.05) is 12.1 Å². The van der Waals surface area contributed by atoms with Gasteiger partial charge in [-0.05, 0) is 47.5 Å². The summed E-state index contributed by atoms with van der Waals surface area (Å²) < 4.78 is 26.9. The van der Waals surface area contributed by atoms with Crippen molar-refractivity contribution in [3.8, 4) is 28.7 Å². The van der Waals surface area contributed by atoms with Gasteiger partial charge in [0.05, 0.1) is 47.5 Å². The molecule has 0 aromatic heterocycles. The number of hydrogen-bond acceptors (Lipinski definition) is 7. The van der Waals surface area contributed by atoms with Crippen molar-refractivity contribution in [3.63, 3.8) is 0 Å². The normalized spacial score (nSPS) is 16.5. The van der Waals surface area contributed by atoms with Crippen molar-refractivity contribution in [1.29, 1.82) is 0 Å². The second-order valence-electron chi connectivity index (χ2n) is 8.47. The Morgan fingerprint density at radius 3 is 1.95 bits per heavy atom. The van der Waals surface area contributed by atoms with Crippen molar-refractivity contribution in [2.45, 2.75) is 12.0 Å². The summed E-state index contributed by atoms with van der Waals surface area (Å²) in [6, 6.07) is 15.2. The number of anilines is 1.